The van der Waals surface area contributed by atoms with Crippen LogP contribution in [0.1, 0.15) is 38.0 Å². The molecule has 78 valence electrons. The molecule has 0 saturated carbocycles. The van der Waals surface area contributed by atoms with Crippen molar-refractivity contribution < 1.29 is 5.11 Å². The number of rotatable bonds is 2. The predicted molar refractivity (Wildman–Crippen MR) is 63.9 cm³/mol. The van der Waals surface area contributed by atoms with Crippen LogP contribution in [0.3, 0.4) is 0 Å². The van der Waals surface area contributed by atoms with Crippen LogP contribution in [-0.4, -0.2) is 10.4 Å². The van der Waals surface area contributed by atoms with Gasteiger partial charge in [0, 0.05) is 5.33 Å². The van der Waals surface area contributed by atoms with Gasteiger partial charge in [0.2, 0.25) is 0 Å². The first kappa shape index (κ1) is 11.7. The van der Waals surface area contributed by atoms with Crippen LogP contribution in [0.2, 0.25) is 0 Å². The third-order valence-electron chi connectivity index (χ3n) is 2.28. The van der Waals surface area contributed by atoms with E-state index in [0.29, 0.717) is 5.33 Å². The Balaban J connectivity index is 3.01. The van der Waals surface area contributed by atoms with Crippen molar-refractivity contribution in [3.8, 4) is 0 Å². The smallest absolute Gasteiger partial charge is 0.0886 e. The van der Waals surface area contributed by atoms with Crippen LogP contribution in [0.5, 0.6) is 0 Å². The SMILES string of the molecule is CC(C)(C)c1cccc(C(O)CBr)c1. The van der Waals surface area contributed by atoms with Gasteiger partial charge < -0.3 is 5.11 Å². The minimum atomic E-state index is -0.405. The van der Waals surface area contributed by atoms with Gasteiger partial charge in [0.1, 0.15) is 0 Å². The topological polar surface area (TPSA) is 20.2 Å². The zero-order valence-electron chi connectivity index (χ0n) is 8.92. The average Bonchev–Trinajstić information content (AvgIpc) is 2.15. The van der Waals surface area contributed by atoms with Crippen molar-refractivity contribution in [3.05, 3.63) is 35.4 Å². The van der Waals surface area contributed by atoms with Crippen molar-refractivity contribution in [2.24, 2.45) is 0 Å². The highest BCUT2D eigenvalue weighted by Crippen LogP contribution is 2.25. The van der Waals surface area contributed by atoms with Gasteiger partial charge in [-0.2, -0.15) is 0 Å². The molecule has 0 aliphatic heterocycles. The summed E-state index contributed by atoms with van der Waals surface area (Å²) in [6, 6.07) is 8.14. The molecule has 2 heteroatoms. The summed E-state index contributed by atoms with van der Waals surface area (Å²) in [5, 5.41) is 10.3. The molecule has 0 heterocycles. The third-order valence-corrected chi connectivity index (χ3v) is 2.90. The lowest BCUT2D eigenvalue weighted by Gasteiger charge is -2.20. The van der Waals surface area contributed by atoms with Gasteiger partial charge in [-0.3, -0.25) is 0 Å². The van der Waals surface area contributed by atoms with Crippen molar-refractivity contribution >= 4 is 15.9 Å². The fourth-order valence-electron chi connectivity index (χ4n) is 1.30. The summed E-state index contributed by atoms with van der Waals surface area (Å²) in [4.78, 5) is 0. The Morgan fingerprint density at radius 1 is 1.36 bits per heavy atom. The molecule has 0 aliphatic carbocycles. The van der Waals surface area contributed by atoms with Gasteiger partial charge in [0.25, 0.3) is 0 Å². The van der Waals surface area contributed by atoms with E-state index < -0.39 is 6.10 Å². The summed E-state index contributed by atoms with van der Waals surface area (Å²) in [5.41, 5.74) is 2.38. The normalized spacial score (nSPS) is 14.1. The minimum absolute atomic E-state index is 0.141. The number of hydrogen-bond donors (Lipinski definition) is 1. The van der Waals surface area contributed by atoms with Crippen LogP contribution < -0.4 is 0 Å². The van der Waals surface area contributed by atoms with E-state index in [-0.39, 0.29) is 5.41 Å². The van der Waals surface area contributed by atoms with E-state index in [4.69, 9.17) is 0 Å². The lowest BCUT2D eigenvalue weighted by molar-refractivity contribution is 0.205. The molecule has 1 unspecified atom stereocenters. The molecule has 0 bridgehead atoms. The van der Waals surface area contributed by atoms with Crippen LogP contribution in [0.15, 0.2) is 24.3 Å². The van der Waals surface area contributed by atoms with Crippen LogP contribution in [-0.2, 0) is 5.41 Å². The predicted octanol–water partition coefficient (Wildman–Crippen LogP) is 3.41. The minimum Gasteiger partial charge on any atom is -0.388 e. The molecule has 1 atom stereocenters. The first-order valence-electron chi connectivity index (χ1n) is 4.79. The lowest BCUT2D eigenvalue weighted by atomic mass is 9.86. The van der Waals surface area contributed by atoms with E-state index >= 15 is 0 Å². The average molecular weight is 257 g/mol. The van der Waals surface area contributed by atoms with Crippen molar-refractivity contribution in [3.63, 3.8) is 0 Å². The van der Waals surface area contributed by atoms with E-state index in [1.165, 1.54) is 5.56 Å². The Morgan fingerprint density at radius 3 is 2.50 bits per heavy atom. The monoisotopic (exact) mass is 256 g/mol. The molecule has 1 nitrogen and oxygen atoms in total. The van der Waals surface area contributed by atoms with E-state index in [9.17, 15) is 5.11 Å². The third kappa shape index (κ3) is 2.82. The summed E-state index contributed by atoms with van der Waals surface area (Å²) in [6.45, 7) is 6.52. The van der Waals surface area contributed by atoms with Crippen molar-refractivity contribution in [1.82, 2.24) is 0 Å². The number of aliphatic hydroxyl groups excluding tert-OH is 1. The molecule has 0 saturated heterocycles. The molecular formula is C12H17BrO. The van der Waals surface area contributed by atoms with Crippen LogP contribution in [0, 0.1) is 0 Å². The summed E-state index contributed by atoms with van der Waals surface area (Å²) >= 11 is 3.28. The molecule has 0 fully saturated rings. The largest absolute Gasteiger partial charge is 0.388 e. The molecule has 1 N–H and O–H groups in total. The van der Waals surface area contributed by atoms with Gasteiger partial charge in [0.05, 0.1) is 6.10 Å². The fourth-order valence-corrected chi connectivity index (χ4v) is 1.68. The second-order valence-corrected chi connectivity index (χ2v) is 5.19. The number of halogens is 1. The number of hydrogen-bond acceptors (Lipinski definition) is 1. The van der Waals surface area contributed by atoms with Crippen molar-refractivity contribution in [2.45, 2.75) is 32.3 Å². The summed E-state index contributed by atoms with van der Waals surface area (Å²) < 4.78 is 0. The lowest BCUT2D eigenvalue weighted by Crippen LogP contribution is -2.12. The number of aliphatic hydroxyl groups is 1. The maximum atomic E-state index is 9.67. The first-order valence-corrected chi connectivity index (χ1v) is 5.92. The first-order chi connectivity index (χ1) is 6.45. The van der Waals surface area contributed by atoms with Crippen LogP contribution in [0.4, 0.5) is 0 Å². The zero-order chi connectivity index (χ0) is 10.8. The van der Waals surface area contributed by atoms with Gasteiger partial charge in [-0.1, -0.05) is 61.0 Å². The molecule has 0 amide bonds. The Kier molecular flexibility index (Phi) is 3.73. The second kappa shape index (κ2) is 4.45. The Labute approximate surface area is 94.3 Å². The van der Waals surface area contributed by atoms with E-state index in [0.717, 1.165) is 5.56 Å². The van der Waals surface area contributed by atoms with E-state index in [1.54, 1.807) is 0 Å². The van der Waals surface area contributed by atoms with Gasteiger partial charge in [-0.15, -0.1) is 0 Å². The van der Waals surface area contributed by atoms with E-state index in [1.807, 2.05) is 12.1 Å². The van der Waals surface area contributed by atoms with Gasteiger partial charge in [0.15, 0.2) is 0 Å². The highest BCUT2D eigenvalue weighted by molar-refractivity contribution is 9.09. The van der Waals surface area contributed by atoms with Gasteiger partial charge in [-0.05, 0) is 16.5 Å². The summed E-state index contributed by atoms with van der Waals surface area (Å²) in [5.74, 6) is 0. The summed E-state index contributed by atoms with van der Waals surface area (Å²) in [6.07, 6.45) is -0.405. The fraction of sp³-hybridized carbons (Fsp3) is 0.500. The Bertz CT molecular complexity index is 301. The van der Waals surface area contributed by atoms with Gasteiger partial charge in [-0.25, -0.2) is 0 Å². The van der Waals surface area contributed by atoms with Gasteiger partial charge >= 0.3 is 0 Å². The van der Waals surface area contributed by atoms with Crippen molar-refractivity contribution in [1.29, 1.82) is 0 Å². The van der Waals surface area contributed by atoms with Crippen molar-refractivity contribution in [2.75, 3.05) is 5.33 Å². The maximum absolute atomic E-state index is 9.67. The molecule has 0 aliphatic rings. The van der Waals surface area contributed by atoms with Crippen LogP contribution >= 0.6 is 15.9 Å². The standard InChI is InChI=1S/C12H17BrO/c1-12(2,3)10-6-4-5-9(7-10)11(14)8-13/h4-7,11,14H,8H2,1-3H3. The highest BCUT2D eigenvalue weighted by Gasteiger charge is 2.15. The molecule has 1 aromatic carbocycles. The molecule has 0 spiro atoms. The number of alkyl halides is 1. The second-order valence-electron chi connectivity index (χ2n) is 4.55. The van der Waals surface area contributed by atoms with E-state index in [2.05, 4.69) is 48.8 Å². The molecule has 0 radical (unpaired) electrons. The zero-order valence-corrected chi connectivity index (χ0v) is 10.5. The Hall–Kier alpha value is -0.340. The molecule has 1 aromatic rings. The Morgan fingerprint density at radius 2 is 2.00 bits per heavy atom. The highest BCUT2D eigenvalue weighted by atomic mass is 79.9. The van der Waals surface area contributed by atoms with Crippen LogP contribution in [0.25, 0.3) is 0 Å². The number of benzene rings is 1. The molecule has 14 heavy (non-hydrogen) atoms. The quantitative estimate of drug-likeness (QED) is 0.805. The molecular weight excluding hydrogens is 240 g/mol. The maximum Gasteiger partial charge on any atom is 0.0886 e. The molecule has 0 aromatic heterocycles. The molecule has 1 rings (SSSR count). The summed E-state index contributed by atoms with van der Waals surface area (Å²) in [7, 11) is 0.